The Balaban J connectivity index is 1.68. The van der Waals surface area contributed by atoms with E-state index in [1.54, 1.807) is 38.5 Å². The molecule has 6 nitrogen and oxygen atoms in total. The number of carbonyl (C=O) groups is 2. The van der Waals surface area contributed by atoms with Gasteiger partial charge in [-0.2, -0.15) is 0 Å². The lowest BCUT2D eigenvalue weighted by Gasteiger charge is -2.13. The number of imide groups is 1. The van der Waals surface area contributed by atoms with Crippen molar-refractivity contribution in [2.75, 3.05) is 27.4 Å². The Morgan fingerprint density at radius 2 is 1.86 bits per heavy atom. The Morgan fingerprint density at radius 3 is 2.57 bits per heavy atom. The molecule has 0 unspecified atom stereocenters. The van der Waals surface area contributed by atoms with Gasteiger partial charge in [0.1, 0.15) is 23.9 Å². The van der Waals surface area contributed by atoms with Crippen LogP contribution in [0.2, 0.25) is 0 Å². The quantitative estimate of drug-likeness (QED) is 0.653. The summed E-state index contributed by atoms with van der Waals surface area (Å²) in [5, 5.41) is -0.309. The average Bonchev–Trinajstić information content (AvgIpc) is 2.95. The van der Waals surface area contributed by atoms with E-state index in [4.69, 9.17) is 14.2 Å². The molecule has 0 radical (unpaired) electrons. The summed E-state index contributed by atoms with van der Waals surface area (Å²) in [5.41, 5.74) is 1.78. The molecule has 0 N–H and O–H groups in total. The highest BCUT2D eigenvalue weighted by atomic mass is 32.2. The number of rotatable bonds is 7. The van der Waals surface area contributed by atoms with E-state index >= 15 is 0 Å². The number of aryl methyl sites for hydroxylation is 1. The molecule has 0 spiro atoms. The van der Waals surface area contributed by atoms with Crippen molar-refractivity contribution in [3.8, 4) is 17.2 Å². The van der Waals surface area contributed by atoms with Gasteiger partial charge in [0, 0.05) is 11.6 Å². The summed E-state index contributed by atoms with van der Waals surface area (Å²) in [7, 11) is 3.11. The molecule has 2 amide bonds. The number of hydrogen-bond donors (Lipinski definition) is 0. The van der Waals surface area contributed by atoms with Gasteiger partial charge < -0.3 is 14.2 Å². The second-order valence-electron chi connectivity index (χ2n) is 6.11. The van der Waals surface area contributed by atoms with Crippen LogP contribution < -0.4 is 14.2 Å². The standard InChI is InChI=1S/C21H21NO5S/c1-14-5-4-6-17(11-14)27-10-9-22-20(23)19(28-21(22)24)12-15-7-8-16(25-2)13-18(15)26-3/h4-8,11-13H,9-10H2,1-3H3/b19-12+. The van der Waals surface area contributed by atoms with E-state index in [0.717, 1.165) is 17.3 Å². The Morgan fingerprint density at radius 1 is 1.04 bits per heavy atom. The van der Waals surface area contributed by atoms with Crippen molar-refractivity contribution in [1.82, 2.24) is 4.90 Å². The normalized spacial score (nSPS) is 15.2. The number of methoxy groups -OCH3 is 2. The Kier molecular flexibility index (Phi) is 6.26. The van der Waals surface area contributed by atoms with Crippen molar-refractivity contribution >= 4 is 29.0 Å². The highest BCUT2D eigenvalue weighted by Gasteiger charge is 2.35. The molecular formula is C21H21NO5S. The van der Waals surface area contributed by atoms with Crippen LogP contribution in [0.3, 0.4) is 0 Å². The first-order valence-corrected chi connectivity index (χ1v) is 9.50. The van der Waals surface area contributed by atoms with Gasteiger partial charge in [-0.1, -0.05) is 12.1 Å². The average molecular weight is 399 g/mol. The first kappa shape index (κ1) is 19.8. The SMILES string of the molecule is COc1ccc(/C=C2/SC(=O)N(CCOc3cccc(C)c3)C2=O)c(OC)c1. The highest BCUT2D eigenvalue weighted by Crippen LogP contribution is 2.34. The number of nitrogens with zero attached hydrogens (tertiary/aromatic N) is 1. The zero-order valence-electron chi connectivity index (χ0n) is 15.9. The van der Waals surface area contributed by atoms with Crippen LogP contribution in [0.4, 0.5) is 4.79 Å². The molecule has 0 aliphatic carbocycles. The molecule has 146 valence electrons. The van der Waals surface area contributed by atoms with Gasteiger partial charge in [-0.3, -0.25) is 14.5 Å². The van der Waals surface area contributed by atoms with Gasteiger partial charge in [0.15, 0.2) is 0 Å². The molecule has 3 rings (SSSR count). The van der Waals surface area contributed by atoms with Crippen molar-refractivity contribution in [1.29, 1.82) is 0 Å². The lowest BCUT2D eigenvalue weighted by atomic mass is 10.1. The van der Waals surface area contributed by atoms with E-state index in [-0.39, 0.29) is 24.3 Å². The van der Waals surface area contributed by atoms with E-state index in [1.165, 1.54) is 4.90 Å². The molecule has 1 saturated heterocycles. The number of ether oxygens (including phenoxy) is 3. The zero-order valence-corrected chi connectivity index (χ0v) is 16.7. The molecule has 2 aromatic rings. The van der Waals surface area contributed by atoms with Crippen LogP contribution in [0.1, 0.15) is 11.1 Å². The number of thioether (sulfide) groups is 1. The molecule has 2 aromatic carbocycles. The molecule has 28 heavy (non-hydrogen) atoms. The third-order valence-corrected chi connectivity index (χ3v) is 5.08. The fraction of sp³-hybridized carbons (Fsp3) is 0.238. The number of carbonyl (C=O) groups excluding carboxylic acids is 2. The maximum absolute atomic E-state index is 12.6. The molecule has 7 heteroatoms. The molecule has 1 aliphatic heterocycles. The monoisotopic (exact) mass is 399 g/mol. The predicted molar refractivity (Wildman–Crippen MR) is 109 cm³/mol. The van der Waals surface area contributed by atoms with Gasteiger partial charge in [-0.25, -0.2) is 0 Å². The van der Waals surface area contributed by atoms with E-state index in [1.807, 2.05) is 31.2 Å². The topological polar surface area (TPSA) is 65.1 Å². The largest absolute Gasteiger partial charge is 0.497 e. The van der Waals surface area contributed by atoms with E-state index in [9.17, 15) is 9.59 Å². The summed E-state index contributed by atoms with van der Waals surface area (Å²) in [6, 6.07) is 12.9. The van der Waals surface area contributed by atoms with Crippen molar-refractivity contribution in [3.63, 3.8) is 0 Å². The smallest absolute Gasteiger partial charge is 0.293 e. The van der Waals surface area contributed by atoms with Gasteiger partial charge in [0.05, 0.1) is 25.7 Å². The minimum absolute atomic E-state index is 0.190. The van der Waals surface area contributed by atoms with Crippen LogP contribution >= 0.6 is 11.8 Å². The van der Waals surface area contributed by atoms with Gasteiger partial charge in [0.2, 0.25) is 0 Å². The lowest BCUT2D eigenvalue weighted by molar-refractivity contribution is -0.123. The van der Waals surface area contributed by atoms with Crippen LogP contribution in [0.15, 0.2) is 47.4 Å². The summed E-state index contributed by atoms with van der Waals surface area (Å²) in [6.07, 6.45) is 1.66. The van der Waals surface area contributed by atoms with Crippen molar-refractivity contribution in [3.05, 3.63) is 58.5 Å². The summed E-state index contributed by atoms with van der Waals surface area (Å²) in [4.78, 5) is 26.4. The molecule has 1 fully saturated rings. The van der Waals surface area contributed by atoms with E-state index in [0.29, 0.717) is 27.7 Å². The summed E-state index contributed by atoms with van der Waals surface area (Å²) >= 11 is 0.911. The first-order chi connectivity index (χ1) is 13.5. The Bertz CT molecular complexity index is 925. The third-order valence-electron chi connectivity index (χ3n) is 4.17. The van der Waals surface area contributed by atoms with Crippen LogP contribution in [-0.4, -0.2) is 43.4 Å². The van der Waals surface area contributed by atoms with E-state index < -0.39 is 0 Å². The molecule has 0 aromatic heterocycles. The maximum Gasteiger partial charge on any atom is 0.293 e. The van der Waals surface area contributed by atoms with Crippen LogP contribution in [0.5, 0.6) is 17.2 Å². The zero-order chi connectivity index (χ0) is 20.1. The number of benzene rings is 2. The third kappa shape index (κ3) is 4.48. The summed E-state index contributed by atoms with van der Waals surface area (Å²) in [5.74, 6) is 1.59. The minimum Gasteiger partial charge on any atom is -0.497 e. The first-order valence-electron chi connectivity index (χ1n) is 8.68. The van der Waals surface area contributed by atoms with Crippen molar-refractivity contribution in [2.24, 2.45) is 0 Å². The number of amides is 2. The fourth-order valence-electron chi connectivity index (χ4n) is 2.73. The summed E-state index contributed by atoms with van der Waals surface area (Å²) in [6.45, 7) is 2.40. The van der Waals surface area contributed by atoms with Crippen molar-refractivity contribution < 1.29 is 23.8 Å². The summed E-state index contributed by atoms with van der Waals surface area (Å²) < 4.78 is 16.2. The molecule has 0 saturated carbocycles. The minimum atomic E-state index is -0.333. The van der Waals surface area contributed by atoms with Crippen LogP contribution in [-0.2, 0) is 4.79 Å². The Labute approximate surface area is 168 Å². The van der Waals surface area contributed by atoms with Crippen LogP contribution in [0, 0.1) is 6.92 Å². The lowest BCUT2D eigenvalue weighted by Crippen LogP contribution is -2.32. The molecule has 1 aliphatic rings. The van der Waals surface area contributed by atoms with Crippen LogP contribution in [0.25, 0.3) is 6.08 Å². The molecule has 1 heterocycles. The maximum atomic E-state index is 12.6. The van der Waals surface area contributed by atoms with Gasteiger partial charge in [-0.05, 0) is 54.6 Å². The van der Waals surface area contributed by atoms with Gasteiger partial charge >= 0.3 is 0 Å². The number of hydrogen-bond acceptors (Lipinski definition) is 6. The second-order valence-corrected chi connectivity index (χ2v) is 7.10. The van der Waals surface area contributed by atoms with Crippen molar-refractivity contribution in [2.45, 2.75) is 6.92 Å². The van der Waals surface area contributed by atoms with Gasteiger partial charge in [-0.15, -0.1) is 0 Å². The highest BCUT2D eigenvalue weighted by molar-refractivity contribution is 8.18. The molecular weight excluding hydrogens is 378 g/mol. The van der Waals surface area contributed by atoms with E-state index in [2.05, 4.69) is 0 Å². The van der Waals surface area contributed by atoms with Gasteiger partial charge in [0.25, 0.3) is 11.1 Å². The predicted octanol–water partition coefficient (Wildman–Crippen LogP) is 4.13. The second kappa shape index (κ2) is 8.84. The Hall–Kier alpha value is -2.93. The molecule has 0 atom stereocenters. The fourth-order valence-corrected chi connectivity index (χ4v) is 3.59. The molecule has 0 bridgehead atoms.